The number of carbonyl (C=O) groups excluding carboxylic acids is 1. The van der Waals surface area contributed by atoms with Crippen LogP contribution in [0.25, 0.3) is 0 Å². The van der Waals surface area contributed by atoms with Crippen LogP contribution in [0, 0.1) is 5.41 Å². The van der Waals surface area contributed by atoms with E-state index in [1.54, 1.807) is 23.7 Å². The van der Waals surface area contributed by atoms with Crippen LogP contribution in [-0.4, -0.2) is 46.9 Å². The van der Waals surface area contributed by atoms with E-state index in [0.29, 0.717) is 12.8 Å². The lowest BCUT2D eigenvalue weighted by Gasteiger charge is -2.30. The molecule has 0 aromatic carbocycles. The van der Waals surface area contributed by atoms with E-state index in [0.717, 1.165) is 12.2 Å². The number of thioether (sulfide) groups is 1. The van der Waals surface area contributed by atoms with Gasteiger partial charge in [0.2, 0.25) is 5.91 Å². The predicted octanol–water partition coefficient (Wildman–Crippen LogP) is 1.11. The number of nitrogens with zero attached hydrogens (tertiary/aromatic N) is 2. The molecule has 1 aliphatic rings. The summed E-state index contributed by atoms with van der Waals surface area (Å²) in [5.74, 6) is 0.937. The molecule has 17 heavy (non-hydrogen) atoms. The van der Waals surface area contributed by atoms with Gasteiger partial charge in [0.05, 0.1) is 0 Å². The number of oxime groups is 1. The van der Waals surface area contributed by atoms with Crippen LogP contribution in [0.4, 0.5) is 0 Å². The number of nitrogens with two attached hydrogens (primary N) is 1. The van der Waals surface area contributed by atoms with Crippen LogP contribution in [0.1, 0.15) is 26.2 Å². The number of amidine groups is 1. The van der Waals surface area contributed by atoms with Crippen molar-refractivity contribution < 1.29 is 10.0 Å². The van der Waals surface area contributed by atoms with Crippen LogP contribution >= 0.6 is 11.8 Å². The Hall–Kier alpha value is -0.910. The van der Waals surface area contributed by atoms with Gasteiger partial charge in [-0.1, -0.05) is 12.1 Å². The second kappa shape index (κ2) is 5.62. The molecule has 6 heteroatoms. The minimum Gasteiger partial charge on any atom is -0.409 e. The lowest BCUT2D eigenvalue weighted by molar-refractivity contribution is -0.135. The molecule has 0 spiro atoms. The van der Waals surface area contributed by atoms with Gasteiger partial charge in [-0.15, -0.1) is 0 Å². The van der Waals surface area contributed by atoms with Crippen molar-refractivity contribution in [3.05, 3.63) is 0 Å². The summed E-state index contributed by atoms with van der Waals surface area (Å²) in [4.78, 5) is 14.1. The summed E-state index contributed by atoms with van der Waals surface area (Å²) >= 11 is 1.72. The van der Waals surface area contributed by atoms with Crippen molar-refractivity contribution in [1.82, 2.24) is 4.90 Å². The molecular formula is C11H21N3O2S. The number of hydrogen-bond donors (Lipinski definition) is 2. The van der Waals surface area contributed by atoms with Crippen molar-refractivity contribution in [1.29, 1.82) is 0 Å². The molecule has 1 amide bonds. The van der Waals surface area contributed by atoms with Crippen LogP contribution < -0.4 is 5.73 Å². The first-order valence-electron chi connectivity index (χ1n) is 5.77. The van der Waals surface area contributed by atoms with Crippen molar-refractivity contribution in [2.75, 3.05) is 19.1 Å². The summed E-state index contributed by atoms with van der Waals surface area (Å²) in [6.07, 6.45) is 4.30. The quantitative estimate of drug-likeness (QED) is 0.324. The van der Waals surface area contributed by atoms with Gasteiger partial charge < -0.3 is 15.8 Å². The van der Waals surface area contributed by atoms with Crippen LogP contribution in [0.5, 0.6) is 0 Å². The highest BCUT2D eigenvalue weighted by Gasteiger charge is 2.55. The minimum atomic E-state index is -0.727. The molecule has 1 aliphatic carbocycles. The van der Waals surface area contributed by atoms with Gasteiger partial charge in [0.1, 0.15) is 5.41 Å². The number of hydrogen-bond acceptors (Lipinski definition) is 4. The lowest BCUT2D eigenvalue weighted by Crippen LogP contribution is -2.46. The van der Waals surface area contributed by atoms with Crippen LogP contribution in [0.2, 0.25) is 0 Å². The topological polar surface area (TPSA) is 78.9 Å². The van der Waals surface area contributed by atoms with E-state index < -0.39 is 5.41 Å². The fraction of sp³-hybridized carbons (Fsp3) is 0.818. The van der Waals surface area contributed by atoms with E-state index in [1.807, 2.05) is 6.26 Å². The van der Waals surface area contributed by atoms with Gasteiger partial charge in [0.15, 0.2) is 5.84 Å². The van der Waals surface area contributed by atoms with Gasteiger partial charge in [-0.2, -0.15) is 11.8 Å². The molecule has 0 aromatic heterocycles. The zero-order chi connectivity index (χ0) is 13.1. The summed E-state index contributed by atoms with van der Waals surface area (Å²) in [6.45, 7) is 2.06. The van der Waals surface area contributed by atoms with Crippen LogP contribution in [-0.2, 0) is 4.79 Å². The molecule has 1 fully saturated rings. The molecule has 0 aliphatic heterocycles. The molecule has 1 unspecified atom stereocenters. The second-order valence-electron chi connectivity index (χ2n) is 4.50. The Morgan fingerprint density at radius 2 is 2.24 bits per heavy atom. The fourth-order valence-corrected chi connectivity index (χ4v) is 2.84. The molecule has 0 heterocycles. The number of carbonyl (C=O) groups is 1. The van der Waals surface area contributed by atoms with Crippen molar-refractivity contribution in [2.45, 2.75) is 32.2 Å². The third kappa shape index (κ3) is 2.68. The molecule has 0 saturated heterocycles. The summed E-state index contributed by atoms with van der Waals surface area (Å²) in [5.41, 5.74) is 4.89. The van der Waals surface area contributed by atoms with E-state index in [2.05, 4.69) is 12.1 Å². The third-order valence-corrected chi connectivity index (χ3v) is 4.17. The molecule has 0 radical (unpaired) electrons. The molecule has 1 rings (SSSR count). The zero-order valence-electron chi connectivity index (χ0n) is 10.6. The minimum absolute atomic E-state index is 0.0197. The molecule has 0 bridgehead atoms. The first kappa shape index (κ1) is 14.2. The van der Waals surface area contributed by atoms with Crippen LogP contribution in [0.15, 0.2) is 5.16 Å². The first-order valence-corrected chi connectivity index (χ1v) is 7.17. The first-order chi connectivity index (χ1) is 8.03. The van der Waals surface area contributed by atoms with Gasteiger partial charge in [0, 0.05) is 18.8 Å². The van der Waals surface area contributed by atoms with E-state index in [9.17, 15) is 4.79 Å². The van der Waals surface area contributed by atoms with Gasteiger partial charge in [-0.05, 0) is 25.5 Å². The van der Waals surface area contributed by atoms with Crippen molar-refractivity contribution in [2.24, 2.45) is 16.3 Å². The molecule has 98 valence electrons. The zero-order valence-corrected chi connectivity index (χ0v) is 11.5. The van der Waals surface area contributed by atoms with Crippen molar-refractivity contribution in [3.63, 3.8) is 0 Å². The van der Waals surface area contributed by atoms with Crippen LogP contribution in [0.3, 0.4) is 0 Å². The highest BCUT2D eigenvalue weighted by atomic mass is 32.2. The third-order valence-electron chi connectivity index (χ3n) is 3.46. The summed E-state index contributed by atoms with van der Waals surface area (Å²) in [7, 11) is 1.80. The van der Waals surface area contributed by atoms with E-state index in [4.69, 9.17) is 10.9 Å². The maximum atomic E-state index is 12.3. The Bertz CT molecular complexity index is 316. The van der Waals surface area contributed by atoms with Crippen molar-refractivity contribution in [3.8, 4) is 0 Å². The maximum Gasteiger partial charge on any atom is 0.236 e. The van der Waals surface area contributed by atoms with E-state index >= 15 is 0 Å². The Kier molecular flexibility index (Phi) is 4.68. The number of amides is 1. The van der Waals surface area contributed by atoms with E-state index in [1.165, 1.54) is 0 Å². The summed E-state index contributed by atoms with van der Waals surface area (Å²) < 4.78 is 0. The Balaban J connectivity index is 2.76. The highest BCUT2D eigenvalue weighted by molar-refractivity contribution is 7.98. The van der Waals surface area contributed by atoms with Gasteiger partial charge >= 0.3 is 0 Å². The lowest BCUT2D eigenvalue weighted by atomic mass is 10.0. The fourth-order valence-electron chi connectivity index (χ4n) is 2.00. The normalized spacial score (nSPS) is 19.8. The van der Waals surface area contributed by atoms with E-state index in [-0.39, 0.29) is 17.8 Å². The molecule has 1 atom stereocenters. The standard InChI is InChI=1S/C11H21N3O2S/c1-4-8(7-17-3)14(2)10(15)11(5-6-11)9(12)13-16/h8,16H,4-7H2,1-3H3,(H2,12,13). The SMILES string of the molecule is CCC(CSC)N(C)C(=O)C1(C(N)=NO)CC1. The monoisotopic (exact) mass is 259 g/mol. The largest absolute Gasteiger partial charge is 0.409 e. The smallest absolute Gasteiger partial charge is 0.236 e. The molecule has 0 aromatic rings. The Morgan fingerprint density at radius 1 is 1.65 bits per heavy atom. The molecule has 5 nitrogen and oxygen atoms in total. The predicted molar refractivity (Wildman–Crippen MR) is 70.3 cm³/mol. The van der Waals surface area contributed by atoms with Gasteiger partial charge in [0.25, 0.3) is 0 Å². The molecular weight excluding hydrogens is 238 g/mol. The summed E-state index contributed by atoms with van der Waals surface area (Å²) in [6, 6.07) is 0.210. The maximum absolute atomic E-state index is 12.3. The second-order valence-corrected chi connectivity index (χ2v) is 5.41. The Labute approximate surface area is 106 Å². The van der Waals surface area contributed by atoms with Gasteiger partial charge in [-0.3, -0.25) is 4.79 Å². The average Bonchev–Trinajstić information content (AvgIpc) is 3.14. The molecule has 3 N–H and O–H groups in total. The highest BCUT2D eigenvalue weighted by Crippen LogP contribution is 2.47. The van der Waals surface area contributed by atoms with Crippen molar-refractivity contribution >= 4 is 23.5 Å². The molecule has 1 saturated carbocycles. The number of rotatable bonds is 6. The van der Waals surface area contributed by atoms with Gasteiger partial charge in [-0.25, -0.2) is 0 Å². The summed E-state index contributed by atoms with van der Waals surface area (Å²) in [5, 5.41) is 11.7. The Morgan fingerprint density at radius 3 is 2.59 bits per heavy atom. The average molecular weight is 259 g/mol.